The zero-order valence-corrected chi connectivity index (χ0v) is 17.7. The first-order valence-electron chi connectivity index (χ1n) is 10.5. The minimum atomic E-state index is -4.49. The average Bonchev–Trinajstić information content (AvgIpc) is 3.48. The molecule has 8 nitrogen and oxygen atoms in total. The largest absolute Gasteiger partial charge is 0.478 e. The third-order valence-corrected chi connectivity index (χ3v) is 5.71. The summed E-state index contributed by atoms with van der Waals surface area (Å²) >= 11 is 0. The highest BCUT2D eigenvalue weighted by Gasteiger charge is 2.41. The van der Waals surface area contributed by atoms with Gasteiger partial charge in [0.1, 0.15) is 6.04 Å². The molecule has 5 rings (SSSR count). The van der Waals surface area contributed by atoms with Crippen molar-refractivity contribution in [2.24, 2.45) is 0 Å². The molecule has 2 aromatic heterocycles. The number of rotatable bonds is 5. The van der Waals surface area contributed by atoms with Crippen molar-refractivity contribution in [3.05, 3.63) is 71.8 Å². The normalized spacial score (nSPS) is 17.1. The Hall–Kier alpha value is -3.99. The molecule has 1 aliphatic heterocycles. The van der Waals surface area contributed by atoms with Gasteiger partial charge in [-0.25, -0.2) is 15.2 Å². The fraction of sp³-hybridized carbons (Fsp3) is 0.217. The number of aromatic carboxylic acids is 1. The van der Waals surface area contributed by atoms with Crippen LogP contribution in [0.3, 0.4) is 0 Å². The molecule has 1 aromatic carbocycles. The summed E-state index contributed by atoms with van der Waals surface area (Å²) in [6.45, 7) is 0. The number of nitrogens with one attached hydrogen (secondary N) is 2. The number of pyridine rings is 1. The van der Waals surface area contributed by atoms with Crippen LogP contribution in [0.4, 0.5) is 30.6 Å². The molecule has 1 unspecified atom stereocenters. The first-order chi connectivity index (χ1) is 16.3. The van der Waals surface area contributed by atoms with Crippen LogP contribution in [0.25, 0.3) is 11.1 Å². The van der Waals surface area contributed by atoms with Gasteiger partial charge in [-0.3, -0.25) is 9.99 Å². The van der Waals surface area contributed by atoms with E-state index in [9.17, 15) is 23.1 Å². The molecular weight excluding hydrogens is 449 g/mol. The van der Waals surface area contributed by atoms with Gasteiger partial charge in [-0.1, -0.05) is 6.07 Å². The van der Waals surface area contributed by atoms with Gasteiger partial charge in [0.05, 0.1) is 5.56 Å². The van der Waals surface area contributed by atoms with Crippen molar-refractivity contribution in [2.75, 3.05) is 10.3 Å². The van der Waals surface area contributed by atoms with E-state index in [0.29, 0.717) is 11.1 Å². The molecule has 174 valence electrons. The Bertz CT molecular complexity index is 1290. The molecule has 2 aliphatic rings. The van der Waals surface area contributed by atoms with Gasteiger partial charge >= 0.3 is 12.1 Å². The Balaban J connectivity index is 1.52. The van der Waals surface area contributed by atoms with Gasteiger partial charge in [0.25, 0.3) is 0 Å². The first-order valence-corrected chi connectivity index (χ1v) is 10.5. The Morgan fingerprint density at radius 1 is 1.15 bits per heavy atom. The average molecular weight is 468 g/mol. The van der Waals surface area contributed by atoms with E-state index in [0.717, 1.165) is 36.0 Å². The van der Waals surface area contributed by atoms with Crippen LogP contribution in [0.15, 0.2) is 55.1 Å². The zero-order valence-electron chi connectivity index (χ0n) is 17.7. The third kappa shape index (κ3) is 4.29. The zero-order chi connectivity index (χ0) is 23.9. The van der Waals surface area contributed by atoms with Crippen molar-refractivity contribution in [2.45, 2.75) is 31.5 Å². The number of anilines is 3. The van der Waals surface area contributed by atoms with E-state index >= 15 is 0 Å². The standard InChI is InChI=1S/C23H19F3N6O2/c24-23(25,26)19-6-7-32(31-19)20-18(15-8-16(21(33)34)11-27-10-15)12-28-22(30-20)29-17-5-4-13-2-1-3-14(13)9-17/h4-12,19,31H,1-3H2,(H,33,34)(H,28,29,30). The number of fused-ring (bicyclic) bond motifs is 1. The molecule has 3 heterocycles. The van der Waals surface area contributed by atoms with Gasteiger partial charge in [0.2, 0.25) is 5.95 Å². The Kier molecular flexibility index (Phi) is 5.40. The van der Waals surface area contributed by atoms with Crippen LogP contribution in [0.5, 0.6) is 0 Å². The van der Waals surface area contributed by atoms with Gasteiger partial charge in [-0.15, -0.1) is 0 Å². The van der Waals surface area contributed by atoms with E-state index in [-0.39, 0.29) is 17.3 Å². The number of aryl methyl sites for hydroxylation is 2. The summed E-state index contributed by atoms with van der Waals surface area (Å²) in [6.07, 6.45) is 4.87. The number of hydrogen-bond acceptors (Lipinski definition) is 7. The molecule has 0 fully saturated rings. The molecule has 3 aromatic rings. The lowest BCUT2D eigenvalue weighted by atomic mass is 10.1. The Morgan fingerprint density at radius 3 is 2.74 bits per heavy atom. The maximum absolute atomic E-state index is 13.2. The van der Waals surface area contributed by atoms with Crippen molar-refractivity contribution in [3.63, 3.8) is 0 Å². The van der Waals surface area contributed by atoms with Crippen LogP contribution in [0.1, 0.15) is 27.9 Å². The number of hydrazine groups is 1. The minimum absolute atomic E-state index is 0.0677. The number of carboxylic acid groups (broad SMARTS) is 1. The molecule has 0 bridgehead atoms. The minimum Gasteiger partial charge on any atom is -0.478 e. The summed E-state index contributed by atoms with van der Waals surface area (Å²) in [6, 6.07) is 5.46. The van der Waals surface area contributed by atoms with Crippen LogP contribution >= 0.6 is 0 Å². The van der Waals surface area contributed by atoms with Gasteiger partial charge in [-0.05, 0) is 54.7 Å². The topological polar surface area (TPSA) is 103 Å². The highest BCUT2D eigenvalue weighted by molar-refractivity contribution is 5.89. The van der Waals surface area contributed by atoms with Gasteiger partial charge in [0, 0.05) is 41.6 Å². The second-order valence-corrected chi connectivity index (χ2v) is 8.02. The monoisotopic (exact) mass is 468 g/mol. The lowest BCUT2D eigenvalue weighted by molar-refractivity contribution is -0.142. The van der Waals surface area contributed by atoms with Gasteiger partial charge in [-0.2, -0.15) is 18.2 Å². The number of alkyl halides is 3. The summed E-state index contributed by atoms with van der Waals surface area (Å²) in [5, 5.41) is 13.6. The predicted octanol–water partition coefficient (Wildman–Crippen LogP) is 4.24. The maximum atomic E-state index is 13.2. The van der Waals surface area contributed by atoms with Crippen LogP contribution in [-0.4, -0.2) is 38.2 Å². The number of hydrogen-bond donors (Lipinski definition) is 3. The summed E-state index contributed by atoms with van der Waals surface area (Å²) in [5.74, 6) is -0.876. The summed E-state index contributed by atoms with van der Waals surface area (Å²) in [4.78, 5) is 24.1. The Labute approximate surface area is 192 Å². The summed E-state index contributed by atoms with van der Waals surface area (Å²) in [5.41, 5.74) is 6.28. The quantitative estimate of drug-likeness (QED) is 0.511. The number of halogens is 3. The highest BCUT2D eigenvalue weighted by atomic mass is 19.4. The van der Waals surface area contributed by atoms with Gasteiger partial charge < -0.3 is 10.4 Å². The molecule has 11 heteroatoms. The number of benzene rings is 1. The fourth-order valence-electron chi connectivity index (χ4n) is 4.03. The fourth-order valence-corrected chi connectivity index (χ4v) is 4.03. The molecule has 0 amide bonds. The summed E-state index contributed by atoms with van der Waals surface area (Å²) < 4.78 is 39.7. The molecule has 0 radical (unpaired) electrons. The third-order valence-electron chi connectivity index (χ3n) is 5.71. The molecule has 0 spiro atoms. The number of aromatic nitrogens is 3. The smallest absolute Gasteiger partial charge is 0.409 e. The predicted molar refractivity (Wildman–Crippen MR) is 119 cm³/mol. The highest BCUT2D eigenvalue weighted by Crippen LogP contribution is 2.33. The van der Waals surface area contributed by atoms with Crippen LogP contribution in [0.2, 0.25) is 0 Å². The SMILES string of the molecule is O=C(O)c1cncc(-c2cnc(Nc3ccc4c(c3)CCC4)nc2N2C=CC(C(F)(F)F)N2)c1. The van der Waals surface area contributed by atoms with E-state index in [1.54, 1.807) is 0 Å². The lowest BCUT2D eigenvalue weighted by Gasteiger charge is -2.23. The van der Waals surface area contributed by atoms with Crippen molar-refractivity contribution >= 4 is 23.4 Å². The molecule has 1 aliphatic carbocycles. The molecule has 34 heavy (non-hydrogen) atoms. The molecular formula is C23H19F3N6O2. The number of carbonyl (C=O) groups is 1. The molecule has 0 saturated carbocycles. The van der Waals surface area contributed by atoms with Crippen molar-refractivity contribution in [3.8, 4) is 11.1 Å². The van der Waals surface area contributed by atoms with E-state index in [1.165, 1.54) is 42.0 Å². The second-order valence-electron chi connectivity index (χ2n) is 8.02. The maximum Gasteiger partial charge on any atom is 0.409 e. The Morgan fingerprint density at radius 2 is 1.97 bits per heavy atom. The van der Waals surface area contributed by atoms with E-state index in [1.807, 2.05) is 18.2 Å². The van der Waals surface area contributed by atoms with Crippen LogP contribution in [0, 0.1) is 0 Å². The van der Waals surface area contributed by atoms with Crippen LogP contribution < -0.4 is 15.8 Å². The molecule has 3 N–H and O–H groups in total. The van der Waals surface area contributed by atoms with E-state index in [4.69, 9.17) is 0 Å². The first kappa shape index (κ1) is 21.8. The van der Waals surface area contributed by atoms with E-state index in [2.05, 4.69) is 25.7 Å². The number of carboxylic acids is 1. The second kappa shape index (κ2) is 8.41. The van der Waals surface area contributed by atoms with Crippen molar-refractivity contribution in [1.29, 1.82) is 0 Å². The van der Waals surface area contributed by atoms with Crippen LogP contribution in [-0.2, 0) is 12.8 Å². The summed E-state index contributed by atoms with van der Waals surface area (Å²) in [7, 11) is 0. The lowest BCUT2D eigenvalue weighted by Crippen LogP contribution is -2.44. The molecule has 1 atom stereocenters. The van der Waals surface area contributed by atoms with Crippen molar-refractivity contribution < 1.29 is 23.1 Å². The number of nitrogens with zero attached hydrogens (tertiary/aromatic N) is 4. The van der Waals surface area contributed by atoms with Crippen molar-refractivity contribution in [1.82, 2.24) is 20.4 Å². The van der Waals surface area contributed by atoms with Gasteiger partial charge in [0.15, 0.2) is 5.82 Å². The van der Waals surface area contributed by atoms with E-state index < -0.39 is 18.2 Å². The molecule has 0 saturated heterocycles.